The Morgan fingerprint density at radius 2 is 2.06 bits per heavy atom. The fourth-order valence-electron chi connectivity index (χ4n) is 4.45. The Bertz CT molecular complexity index is 1270. The number of rotatable bonds is 5. The van der Waals surface area contributed by atoms with Crippen LogP contribution in [0.25, 0.3) is 0 Å². The summed E-state index contributed by atoms with van der Waals surface area (Å²) in [5.41, 5.74) is 4.38. The number of likely N-dealkylation sites (tertiary alicyclic amines) is 1. The highest BCUT2D eigenvalue weighted by atomic mass is 32.1. The molecular weight excluding hydrogens is 472 g/mol. The zero-order valence-corrected chi connectivity index (χ0v) is 21.3. The number of thiazole rings is 1. The third-order valence-electron chi connectivity index (χ3n) is 6.39. The van der Waals surface area contributed by atoms with E-state index in [1.165, 1.54) is 4.88 Å². The van der Waals surface area contributed by atoms with Crippen LogP contribution in [0.2, 0.25) is 0 Å². The van der Waals surface area contributed by atoms with E-state index in [1.807, 2.05) is 42.3 Å². The lowest BCUT2D eigenvalue weighted by Crippen LogP contribution is -2.25. The lowest BCUT2D eigenvalue weighted by molar-refractivity contribution is -0.118. The Morgan fingerprint density at radius 1 is 1.22 bits per heavy atom. The summed E-state index contributed by atoms with van der Waals surface area (Å²) in [7, 11) is 3.93. The molecular formula is C27H30N6O2S. The van der Waals surface area contributed by atoms with Crippen LogP contribution in [0, 0.1) is 11.3 Å². The second-order valence-electron chi connectivity index (χ2n) is 8.90. The van der Waals surface area contributed by atoms with Crippen LogP contribution >= 0.6 is 11.3 Å². The average molecular weight is 503 g/mol. The van der Waals surface area contributed by atoms with Gasteiger partial charge in [0.2, 0.25) is 6.41 Å². The van der Waals surface area contributed by atoms with E-state index in [0.717, 1.165) is 62.3 Å². The Hall–Kier alpha value is -3.74. The zero-order chi connectivity index (χ0) is 25.5. The topological polar surface area (TPSA) is 101 Å². The van der Waals surface area contributed by atoms with E-state index in [0.29, 0.717) is 16.3 Å². The quantitative estimate of drug-likeness (QED) is 0.505. The first-order valence-electron chi connectivity index (χ1n) is 12.0. The molecule has 3 heterocycles. The van der Waals surface area contributed by atoms with Crippen molar-refractivity contribution in [2.24, 2.45) is 0 Å². The Morgan fingerprint density at radius 3 is 2.83 bits per heavy atom. The van der Waals surface area contributed by atoms with Crippen molar-refractivity contribution in [3.05, 3.63) is 75.8 Å². The third kappa shape index (κ3) is 6.08. The molecule has 1 fully saturated rings. The maximum atomic E-state index is 12.7. The van der Waals surface area contributed by atoms with Crippen LogP contribution in [-0.4, -0.2) is 54.3 Å². The maximum Gasteiger partial charge on any atom is 0.257 e. The van der Waals surface area contributed by atoms with Crippen LogP contribution in [0.4, 0.5) is 10.8 Å². The van der Waals surface area contributed by atoms with Gasteiger partial charge in [-0.15, -0.1) is 11.3 Å². The van der Waals surface area contributed by atoms with E-state index < -0.39 is 0 Å². The number of carbonyl (C=O) groups excluding carboxylic acids is 2. The van der Waals surface area contributed by atoms with E-state index in [2.05, 4.69) is 33.6 Å². The molecule has 0 radical (unpaired) electrons. The second-order valence-corrected chi connectivity index (χ2v) is 9.98. The van der Waals surface area contributed by atoms with Crippen LogP contribution in [0.15, 0.2) is 48.5 Å². The summed E-state index contributed by atoms with van der Waals surface area (Å²) in [5.74, 6) is -0.151. The monoisotopic (exact) mass is 502 g/mol. The lowest BCUT2D eigenvalue weighted by Gasteiger charge is -2.20. The second kappa shape index (κ2) is 11.8. The van der Waals surface area contributed by atoms with Crippen molar-refractivity contribution in [2.75, 3.05) is 37.8 Å². The molecule has 2 aliphatic heterocycles. The number of fused-ring (bicyclic) bond motifs is 1. The first-order chi connectivity index (χ1) is 17.5. The summed E-state index contributed by atoms with van der Waals surface area (Å²) in [6, 6.07) is 17.1. The molecule has 1 saturated heterocycles. The molecule has 9 heteroatoms. The van der Waals surface area contributed by atoms with Gasteiger partial charge in [-0.3, -0.25) is 14.9 Å². The first-order valence-corrected chi connectivity index (χ1v) is 12.8. The van der Waals surface area contributed by atoms with Gasteiger partial charge in [-0.1, -0.05) is 18.2 Å². The minimum atomic E-state index is -0.151. The molecule has 2 aromatic carbocycles. The number of nitrogens with zero attached hydrogens (tertiary/aromatic N) is 4. The van der Waals surface area contributed by atoms with Crippen LogP contribution < -0.4 is 10.6 Å². The van der Waals surface area contributed by atoms with Gasteiger partial charge in [-0.25, -0.2) is 4.98 Å². The molecule has 0 aliphatic carbocycles. The third-order valence-corrected chi connectivity index (χ3v) is 7.38. The van der Waals surface area contributed by atoms with Crippen LogP contribution in [0.3, 0.4) is 0 Å². The number of hydrogen-bond donors (Lipinski definition) is 2. The minimum Gasteiger partial charge on any atom is -0.388 e. The molecule has 8 nitrogen and oxygen atoms in total. The molecule has 1 atom stereocenters. The summed E-state index contributed by atoms with van der Waals surface area (Å²) in [6.45, 7) is 2.67. The van der Waals surface area contributed by atoms with Gasteiger partial charge in [0.15, 0.2) is 5.13 Å². The van der Waals surface area contributed by atoms with Gasteiger partial charge in [-0.05, 0) is 55.8 Å². The SMILES string of the molecule is CN1CCc2nc(NC(=O)c3cccc(C4CCCN4C=O)c3)sc2C1.CNc1cccc(C#N)c1. The Balaban J connectivity index is 0.000000256. The standard InChI is InChI=1S/C19H22N4O2S.C8H8N2/c1-22-9-7-15-17(11-22)26-19(20-15)21-18(25)14-5-2-4-13(10-14)16-6-3-8-23(16)12-24;1-10-8-4-2-3-7(5-8)6-9/h2,4-5,10,12,16H,3,6-9,11H2,1H3,(H,20,21,25);2-5,10H,1H3. The average Bonchev–Trinajstić information content (AvgIpc) is 3.55. The van der Waals surface area contributed by atoms with E-state index in [9.17, 15) is 9.59 Å². The van der Waals surface area contributed by atoms with Crippen molar-refractivity contribution in [1.82, 2.24) is 14.8 Å². The Labute approximate surface area is 215 Å². The van der Waals surface area contributed by atoms with E-state index in [4.69, 9.17) is 5.26 Å². The molecule has 0 bridgehead atoms. The van der Waals surface area contributed by atoms with Crippen molar-refractivity contribution in [1.29, 1.82) is 5.26 Å². The summed E-state index contributed by atoms with van der Waals surface area (Å²) >= 11 is 1.56. The van der Waals surface area contributed by atoms with Crippen molar-refractivity contribution in [3.8, 4) is 6.07 Å². The number of aromatic nitrogens is 1. The van der Waals surface area contributed by atoms with Gasteiger partial charge in [0.1, 0.15) is 0 Å². The number of likely N-dealkylation sites (N-methyl/N-ethyl adjacent to an activating group) is 1. The Kier molecular flexibility index (Phi) is 8.31. The van der Waals surface area contributed by atoms with Crippen molar-refractivity contribution in [2.45, 2.75) is 31.8 Å². The van der Waals surface area contributed by atoms with Crippen molar-refractivity contribution < 1.29 is 9.59 Å². The number of nitriles is 1. The fraction of sp³-hybridized carbons (Fsp3) is 0.333. The first kappa shape index (κ1) is 25.4. The van der Waals surface area contributed by atoms with Gasteiger partial charge >= 0.3 is 0 Å². The van der Waals surface area contributed by atoms with Gasteiger partial charge in [0.25, 0.3) is 5.91 Å². The molecule has 0 saturated carbocycles. The minimum absolute atomic E-state index is 0.0722. The van der Waals surface area contributed by atoms with Gasteiger partial charge < -0.3 is 15.1 Å². The summed E-state index contributed by atoms with van der Waals surface area (Å²) in [4.78, 5) is 33.8. The summed E-state index contributed by atoms with van der Waals surface area (Å²) in [6.07, 6.45) is 3.77. The molecule has 5 rings (SSSR count). The summed E-state index contributed by atoms with van der Waals surface area (Å²) in [5, 5.41) is 15.0. The fourth-order valence-corrected chi connectivity index (χ4v) is 5.53. The van der Waals surface area contributed by atoms with Crippen LogP contribution in [-0.2, 0) is 17.8 Å². The van der Waals surface area contributed by atoms with Crippen molar-refractivity contribution in [3.63, 3.8) is 0 Å². The number of nitrogens with one attached hydrogen (secondary N) is 2. The van der Waals surface area contributed by atoms with E-state index in [1.54, 1.807) is 29.5 Å². The molecule has 2 N–H and O–H groups in total. The maximum absolute atomic E-state index is 12.7. The van der Waals surface area contributed by atoms with Crippen molar-refractivity contribution >= 4 is 34.5 Å². The number of anilines is 2. The lowest BCUT2D eigenvalue weighted by atomic mass is 10.0. The predicted molar refractivity (Wildman–Crippen MR) is 142 cm³/mol. The molecule has 36 heavy (non-hydrogen) atoms. The number of amides is 2. The normalized spacial score (nSPS) is 16.8. The van der Waals surface area contributed by atoms with Gasteiger partial charge in [0.05, 0.1) is 23.4 Å². The van der Waals surface area contributed by atoms with E-state index >= 15 is 0 Å². The zero-order valence-electron chi connectivity index (χ0n) is 20.5. The number of hydrogen-bond acceptors (Lipinski definition) is 7. The molecule has 2 aliphatic rings. The molecule has 3 aromatic rings. The molecule has 1 aromatic heterocycles. The highest BCUT2D eigenvalue weighted by Crippen LogP contribution is 2.31. The highest BCUT2D eigenvalue weighted by Gasteiger charge is 2.25. The highest BCUT2D eigenvalue weighted by molar-refractivity contribution is 7.15. The predicted octanol–water partition coefficient (Wildman–Crippen LogP) is 4.28. The van der Waals surface area contributed by atoms with Gasteiger partial charge in [-0.2, -0.15) is 5.26 Å². The van der Waals surface area contributed by atoms with Crippen LogP contribution in [0.1, 0.15) is 50.9 Å². The molecule has 1 unspecified atom stereocenters. The van der Waals surface area contributed by atoms with Gasteiger partial charge in [0, 0.05) is 49.2 Å². The summed E-state index contributed by atoms with van der Waals surface area (Å²) < 4.78 is 0. The largest absolute Gasteiger partial charge is 0.388 e. The molecule has 186 valence electrons. The molecule has 0 spiro atoms. The number of carbonyl (C=O) groups is 2. The van der Waals surface area contributed by atoms with Crippen LogP contribution in [0.5, 0.6) is 0 Å². The molecule has 2 amide bonds. The van der Waals surface area contributed by atoms with E-state index in [-0.39, 0.29) is 11.9 Å². The number of benzene rings is 2. The smallest absolute Gasteiger partial charge is 0.257 e.